The highest BCUT2D eigenvalue weighted by Crippen LogP contribution is 2.10. The SMILES string of the molecule is CC=Cc1ccc(C)cc1.CCOc1ccc(C)cc1. The minimum Gasteiger partial charge on any atom is -0.494 e. The van der Waals surface area contributed by atoms with Gasteiger partial charge in [0.15, 0.2) is 0 Å². The van der Waals surface area contributed by atoms with E-state index in [2.05, 4.69) is 44.2 Å². The Morgan fingerprint density at radius 1 is 0.850 bits per heavy atom. The van der Waals surface area contributed by atoms with Crippen LogP contribution in [-0.4, -0.2) is 6.61 Å². The zero-order chi connectivity index (χ0) is 14.8. The first kappa shape index (κ1) is 16.0. The summed E-state index contributed by atoms with van der Waals surface area (Å²) in [5.74, 6) is 0.952. The molecule has 0 saturated heterocycles. The lowest BCUT2D eigenvalue weighted by molar-refractivity contribution is 0.340. The Bertz CT molecular complexity index is 506. The Morgan fingerprint density at radius 2 is 1.35 bits per heavy atom. The maximum Gasteiger partial charge on any atom is 0.119 e. The van der Waals surface area contributed by atoms with Gasteiger partial charge in [-0.25, -0.2) is 0 Å². The molecule has 106 valence electrons. The highest BCUT2D eigenvalue weighted by molar-refractivity contribution is 5.48. The largest absolute Gasteiger partial charge is 0.494 e. The molecule has 0 N–H and O–H groups in total. The van der Waals surface area contributed by atoms with E-state index in [1.165, 1.54) is 16.7 Å². The topological polar surface area (TPSA) is 9.23 Å². The molecule has 0 heterocycles. The number of ether oxygens (including phenoxy) is 1. The molecule has 0 spiro atoms. The normalized spacial score (nSPS) is 10.0. The van der Waals surface area contributed by atoms with Crippen molar-refractivity contribution < 1.29 is 4.74 Å². The first-order valence-corrected chi connectivity index (χ1v) is 7.04. The average Bonchev–Trinajstić information content (AvgIpc) is 2.45. The molecule has 0 aliphatic heterocycles. The third-order valence-corrected chi connectivity index (χ3v) is 2.77. The average molecular weight is 268 g/mol. The monoisotopic (exact) mass is 268 g/mol. The van der Waals surface area contributed by atoms with Crippen molar-refractivity contribution in [2.45, 2.75) is 27.7 Å². The fourth-order valence-corrected chi connectivity index (χ4v) is 1.67. The summed E-state index contributed by atoms with van der Waals surface area (Å²) in [6.07, 6.45) is 4.14. The van der Waals surface area contributed by atoms with E-state index in [0.717, 1.165) is 12.4 Å². The highest BCUT2D eigenvalue weighted by atomic mass is 16.5. The molecular formula is C19H24O. The lowest BCUT2D eigenvalue weighted by Crippen LogP contribution is -1.90. The molecule has 0 amide bonds. The van der Waals surface area contributed by atoms with Gasteiger partial charge in [-0.3, -0.25) is 0 Å². The second kappa shape index (κ2) is 8.98. The first-order chi connectivity index (χ1) is 9.65. The van der Waals surface area contributed by atoms with Gasteiger partial charge in [-0.05, 0) is 45.4 Å². The molecule has 0 fully saturated rings. The summed E-state index contributed by atoms with van der Waals surface area (Å²) in [4.78, 5) is 0. The van der Waals surface area contributed by atoms with Gasteiger partial charge >= 0.3 is 0 Å². The molecule has 0 unspecified atom stereocenters. The van der Waals surface area contributed by atoms with Crippen LogP contribution in [-0.2, 0) is 0 Å². The third kappa shape index (κ3) is 6.24. The number of rotatable bonds is 3. The maximum absolute atomic E-state index is 5.26. The van der Waals surface area contributed by atoms with E-state index in [1.807, 2.05) is 44.2 Å². The molecule has 2 rings (SSSR count). The number of allylic oxidation sites excluding steroid dienone is 1. The Labute approximate surface area is 122 Å². The Kier molecular flexibility index (Phi) is 7.20. The van der Waals surface area contributed by atoms with Gasteiger partial charge in [0, 0.05) is 0 Å². The molecule has 2 aromatic rings. The zero-order valence-corrected chi connectivity index (χ0v) is 12.9. The second-order valence-electron chi connectivity index (χ2n) is 4.66. The quantitative estimate of drug-likeness (QED) is 0.722. The summed E-state index contributed by atoms with van der Waals surface area (Å²) in [5, 5.41) is 0. The van der Waals surface area contributed by atoms with Gasteiger partial charge in [-0.2, -0.15) is 0 Å². The van der Waals surface area contributed by atoms with E-state index in [9.17, 15) is 0 Å². The number of benzene rings is 2. The van der Waals surface area contributed by atoms with Crippen molar-refractivity contribution in [3.8, 4) is 5.75 Å². The lowest BCUT2D eigenvalue weighted by Gasteiger charge is -2.01. The van der Waals surface area contributed by atoms with Crippen LogP contribution >= 0.6 is 0 Å². The highest BCUT2D eigenvalue weighted by Gasteiger charge is 1.88. The van der Waals surface area contributed by atoms with E-state index < -0.39 is 0 Å². The van der Waals surface area contributed by atoms with Gasteiger partial charge in [-0.1, -0.05) is 59.7 Å². The van der Waals surface area contributed by atoms with Gasteiger partial charge < -0.3 is 4.74 Å². The van der Waals surface area contributed by atoms with Gasteiger partial charge in [0.25, 0.3) is 0 Å². The predicted octanol–water partition coefficient (Wildman–Crippen LogP) is 5.42. The van der Waals surface area contributed by atoms with Crippen LogP contribution < -0.4 is 4.74 Å². The van der Waals surface area contributed by atoms with Crippen molar-refractivity contribution >= 4 is 6.08 Å². The molecule has 2 aromatic carbocycles. The van der Waals surface area contributed by atoms with E-state index in [-0.39, 0.29) is 0 Å². The van der Waals surface area contributed by atoms with Crippen LogP contribution in [0.25, 0.3) is 6.08 Å². The fourth-order valence-electron chi connectivity index (χ4n) is 1.67. The molecule has 0 aliphatic carbocycles. The Balaban J connectivity index is 0.000000200. The summed E-state index contributed by atoms with van der Waals surface area (Å²) in [6, 6.07) is 16.5. The van der Waals surface area contributed by atoms with E-state index >= 15 is 0 Å². The predicted molar refractivity (Wildman–Crippen MR) is 88.2 cm³/mol. The van der Waals surface area contributed by atoms with Gasteiger partial charge in [0.05, 0.1) is 6.61 Å². The molecule has 0 saturated carbocycles. The summed E-state index contributed by atoms with van der Waals surface area (Å²) < 4.78 is 5.26. The molecule has 20 heavy (non-hydrogen) atoms. The summed E-state index contributed by atoms with van der Waals surface area (Å²) in [6.45, 7) is 8.91. The van der Waals surface area contributed by atoms with Crippen LogP contribution in [0.5, 0.6) is 5.75 Å². The molecule has 0 bridgehead atoms. The van der Waals surface area contributed by atoms with Gasteiger partial charge in [0.1, 0.15) is 5.75 Å². The van der Waals surface area contributed by atoms with Crippen LogP contribution in [0.15, 0.2) is 54.6 Å². The number of aryl methyl sites for hydroxylation is 2. The van der Waals surface area contributed by atoms with Crippen molar-refractivity contribution in [3.63, 3.8) is 0 Å². The molecular weight excluding hydrogens is 244 g/mol. The zero-order valence-electron chi connectivity index (χ0n) is 12.9. The summed E-state index contributed by atoms with van der Waals surface area (Å²) >= 11 is 0. The summed E-state index contributed by atoms with van der Waals surface area (Å²) in [7, 11) is 0. The van der Waals surface area contributed by atoms with Crippen molar-refractivity contribution in [3.05, 3.63) is 71.3 Å². The molecule has 0 radical (unpaired) electrons. The van der Waals surface area contributed by atoms with Crippen molar-refractivity contribution in [1.82, 2.24) is 0 Å². The molecule has 0 atom stereocenters. The smallest absolute Gasteiger partial charge is 0.119 e. The minimum absolute atomic E-state index is 0.739. The van der Waals surface area contributed by atoms with Crippen molar-refractivity contribution in [2.75, 3.05) is 6.61 Å². The molecule has 0 aromatic heterocycles. The molecule has 0 aliphatic rings. The van der Waals surface area contributed by atoms with Crippen LogP contribution in [0, 0.1) is 13.8 Å². The van der Waals surface area contributed by atoms with Gasteiger partial charge in [-0.15, -0.1) is 0 Å². The molecule has 1 nitrogen and oxygen atoms in total. The van der Waals surface area contributed by atoms with Crippen LogP contribution in [0.1, 0.15) is 30.5 Å². The van der Waals surface area contributed by atoms with Crippen molar-refractivity contribution in [1.29, 1.82) is 0 Å². The Hall–Kier alpha value is -2.02. The van der Waals surface area contributed by atoms with Crippen LogP contribution in [0.4, 0.5) is 0 Å². The fraction of sp³-hybridized carbons (Fsp3) is 0.263. The second-order valence-corrected chi connectivity index (χ2v) is 4.66. The van der Waals surface area contributed by atoms with Crippen molar-refractivity contribution in [2.24, 2.45) is 0 Å². The van der Waals surface area contributed by atoms with E-state index in [1.54, 1.807) is 0 Å². The van der Waals surface area contributed by atoms with Crippen LogP contribution in [0.3, 0.4) is 0 Å². The van der Waals surface area contributed by atoms with Gasteiger partial charge in [0.2, 0.25) is 0 Å². The standard InChI is InChI=1S/C10H12.C9H12O/c1-3-4-10-7-5-9(2)6-8-10;1-3-10-9-6-4-8(2)5-7-9/h3-8H,1-2H3;4-7H,3H2,1-2H3. The third-order valence-electron chi connectivity index (χ3n) is 2.77. The lowest BCUT2D eigenvalue weighted by atomic mass is 10.1. The number of hydrogen-bond acceptors (Lipinski definition) is 1. The Morgan fingerprint density at radius 3 is 1.80 bits per heavy atom. The first-order valence-electron chi connectivity index (χ1n) is 7.04. The number of hydrogen-bond donors (Lipinski definition) is 0. The maximum atomic E-state index is 5.26. The van der Waals surface area contributed by atoms with Crippen LogP contribution in [0.2, 0.25) is 0 Å². The van der Waals surface area contributed by atoms with E-state index in [0.29, 0.717) is 0 Å². The van der Waals surface area contributed by atoms with E-state index in [4.69, 9.17) is 4.74 Å². The summed E-state index contributed by atoms with van der Waals surface area (Å²) in [5.41, 5.74) is 3.85. The minimum atomic E-state index is 0.739. The molecule has 1 heteroatoms.